The van der Waals surface area contributed by atoms with E-state index in [4.69, 9.17) is 0 Å². The van der Waals surface area contributed by atoms with Gasteiger partial charge in [0.15, 0.2) is 0 Å². The molecule has 0 radical (unpaired) electrons. The monoisotopic (exact) mass is 289 g/mol. The first-order valence-corrected chi connectivity index (χ1v) is 7.22. The summed E-state index contributed by atoms with van der Waals surface area (Å²) >= 11 is 0. The molecule has 5 heteroatoms. The average molecular weight is 289 g/mol. The number of anilines is 1. The zero-order chi connectivity index (χ0) is 15.4. The fourth-order valence-corrected chi connectivity index (χ4v) is 2.49. The number of rotatable bonds is 6. The molecule has 0 aliphatic rings. The van der Waals surface area contributed by atoms with E-state index in [0.29, 0.717) is 6.54 Å². The Labute approximate surface area is 125 Å². The maximum Gasteiger partial charge on any atom is 0.138 e. The number of para-hydroxylation sites is 1. The second-order valence-electron chi connectivity index (χ2n) is 5.30. The Bertz CT molecular complexity index is 579. The molecule has 1 aromatic carbocycles. The van der Waals surface area contributed by atoms with Crippen LogP contribution in [0, 0.1) is 6.92 Å². The van der Waals surface area contributed by atoms with E-state index in [2.05, 4.69) is 23.8 Å². The molecule has 2 aromatic rings. The Morgan fingerprint density at radius 1 is 1.19 bits per heavy atom. The fraction of sp³-hybridized carbons (Fsp3) is 0.438. The van der Waals surface area contributed by atoms with Crippen molar-refractivity contribution in [2.45, 2.75) is 33.4 Å². The van der Waals surface area contributed by atoms with E-state index in [9.17, 15) is 10.2 Å². The number of hydrogen-bond acceptors (Lipinski definition) is 4. The normalized spacial score (nSPS) is 11.1. The van der Waals surface area contributed by atoms with Crippen molar-refractivity contribution in [1.82, 2.24) is 9.78 Å². The third-order valence-electron chi connectivity index (χ3n) is 3.55. The lowest BCUT2D eigenvalue weighted by atomic mass is 10.2. The highest BCUT2D eigenvalue weighted by molar-refractivity contribution is 5.55. The zero-order valence-electron chi connectivity index (χ0n) is 12.8. The summed E-state index contributed by atoms with van der Waals surface area (Å²) in [6.45, 7) is 6.52. The van der Waals surface area contributed by atoms with Crippen molar-refractivity contribution >= 4 is 5.82 Å². The molecule has 1 aromatic heterocycles. The van der Waals surface area contributed by atoms with E-state index in [-0.39, 0.29) is 19.3 Å². The van der Waals surface area contributed by atoms with Crippen molar-refractivity contribution in [3.63, 3.8) is 0 Å². The number of aliphatic hydroxyl groups is 2. The first kappa shape index (κ1) is 15.5. The molecule has 0 aliphatic heterocycles. The number of benzene rings is 1. The van der Waals surface area contributed by atoms with Crippen molar-refractivity contribution in [2.75, 3.05) is 18.1 Å². The van der Waals surface area contributed by atoms with Crippen LogP contribution in [0.1, 0.15) is 25.1 Å². The van der Waals surface area contributed by atoms with E-state index < -0.39 is 0 Å². The number of nitrogens with zero attached hydrogens (tertiary/aromatic N) is 3. The van der Waals surface area contributed by atoms with Crippen LogP contribution in [0.15, 0.2) is 30.3 Å². The smallest absolute Gasteiger partial charge is 0.138 e. The molecule has 0 saturated carbocycles. The molecule has 2 rings (SSSR count). The molecule has 0 bridgehead atoms. The Morgan fingerprint density at radius 3 is 2.38 bits per heavy atom. The second kappa shape index (κ2) is 6.74. The molecule has 1 heterocycles. The van der Waals surface area contributed by atoms with Gasteiger partial charge in [-0.2, -0.15) is 5.10 Å². The number of aliphatic hydroxyl groups excluding tert-OH is 2. The molecule has 21 heavy (non-hydrogen) atoms. The molecule has 2 N–H and O–H groups in total. The number of aryl methyl sites for hydroxylation is 1. The maximum atomic E-state index is 9.72. The van der Waals surface area contributed by atoms with Crippen LogP contribution < -0.4 is 4.90 Å². The van der Waals surface area contributed by atoms with Crippen LogP contribution in [0.4, 0.5) is 5.82 Å². The van der Waals surface area contributed by atoms with Gasteiger partial charge in [0, 0.05) is 18.2 Å². The molecule has 0 aliphatic carbocycles. The number of hydrogen-bond donors (Lipinski definition) is 2. The lowest BCUT2D eigenvalue weighted by molar-refractivity contribution is 0.279. The van der Waals surface area contributed by atoms with Crippen LogP contribution in [-0.2, 0) is 6.61 Å². The predicted molar refractivity (Wildman–Crippen MR) is 83.8 cm³/mol. The van der Waals surface area contributed by atoms with Crippen LogP contribution >= 0.6 is 0 Å². The third kappa shape index (κ3) is 3.09. The molecule has 0 atom stereocenters. The fourth-order valence-electron chi connectivity index (χ4n) is 2.49. The molecular formula is C16H23N3O2. The average Bonchev–Trinajstić information content (AvgIpc) is 2.81. The van der Waals surface area contributed by atoms with E-state index in [0.717, 1.165) is 22.8 Å². The molecule has 0 fully saturated rings. The van der Waals surface area contributed by atoms with Crippen LogP contribution in [-0.4, -0.2) is 39.2 Å². The zero-order valence-corrected chi connectivity index (χ0v) is 12.8. The minimum atomic E-state index is -0.0668. The van der Waals surface area contributed by atoms with Gasteiger partial charge in [0.25, 0.3) is 0 Å². The standard InChI is InChI=1S/C16H23N3O2/c1-12(2)18(9-10-20)16-15(11-21)13(3)17-19(16)14-7-5-4-6-8-14/h4-8,12,20-21H,9-11H2,1-3H3. The second-order valence-corrected chi connectivity index (χ2v) is 5.30. The van der Waals surface area contributed by atoms with Crippen LogP contribution in [0.5, 0.6) is 0 Å². The van der Waals surface area contributed by atoms with Crippen LogP contribution in [0.25, 0.3) is 5.69 Å². The van der Waals surface area contributed by atoms with Crippen molar-refractivity contribution in [1.29, 1.82) is 0 Å². The van der Waals surface area contributed by atoms with Crippen molar-refractivity contribution in [2.24, 2.45) is 0 Å². The van der Waals surface area contributed by atoms with Gasteiger partial charge in [-0.3, -0.25) is 0 Å². The highest BCUT2D eigenvalue weighted by Crippen LogP contribution is 2.28. The topological polar surface area (TPSA) is 61.5 Å². The third-order valence-corrected chi connectivity index (χ3v) is 3.55. The van der Waals surface area contributed by atoms with Crippen molar-refractivity contribution < 1.29 is 10.2 Å². The van der Waals surface area contributed by atoms with Crippen molar-refractivity contribution in [3.8, 4) is 5.69 Å². The molecule has 0 spiro atoms. The van der Waals surface area contributed by atoms with Gasteiger partial charge in [0.2, 0.25) is 0 Å². The minimum absolute atomic E-state index is 0.0576. The first-order chi connectivity index (χ1) is 10.1. The highest BCUT2D eigenvalue weighted by Gasteiger charge is 2.22. The summed E-state index contributed by atoms with van der Waals surface area (Å²) in [5, 5.41) is 23.6. The van der Waals surface area contributed by atoms with Gasteiger partial charge < -0.3 is 15.1 Å². The van der Waals surface area contributed by atoms with Gasteiger partial charge >= 0.3 is 0 Å². The van der Waals surface area contributed by atoms with Gasteiger partial charge in [0.05, 0.1) is 24.6 Å². The summed E-state index contributed by atoms with van der Waals surface area (Å²) in [6, 6.07) is 10.0. The summed E-state index contributed by atoms with van der Waals surface area (Å²) in [7, 11) is 0. The Balaban J connectivity index is 2.61. The van der Waals surface area contributed by atoms with Crippen molar-refractivity contribution in [3.05, 3.63) is 41.6 Å². The molecule has 0 amide bonds. The lowest BCUT2D eigenvalue weighted by Gasteiger charge is -2.29. The Morgan fingerprint density at radius 2 is 1.86 bits per heavy atom. The molecule has 0 unspecified atom stereocenters. The Kier molecular flexibility index (Phi) is 4.98. The summed E-state index contributed by atoms with van der Waals surface area (Å²) < 4.78 is 1.84. The quantitative estimate of drug-likeness (QED) is 0.852. The van der Waals surface area contributed by atoms with Gasteiger partial charge in [-0.25, -0.2) is 4.68 Å². The largest absolute Gasteiger partial charge is 0.395 e. The highest BCUT2D eigenvalue weighted by atomic mass is 16.3. The van der Waals surface area contributed by atoms with E-state index in [1.165, 1.54) is 0 Å². The summed E-state index contributed by atoms with van der Waals surface area (Å²) in [4.78, 5) is 2.07. The van der Waals surface area contributed by atoms with Crippen LogP contribution in [0.2, 0.25) is 0 Å². The molecular weight excluding hydrogens is 266 g/mol. The molecule has 5 nitrogen and oxygen atoms in total. The Hall–Kier alpha value is -1.85. The number of aromatic nitrogens is 2. The SMILES string of the molecule is Cc1nn(-c2ccccc2)c(N(CCO)C(C)C)c1CO. The van der Waals surface area contributed by atoms with Gasteiger partial charge in [0.1, 0.15) is 5.82 Å². The molecule has 0 saturated heterocycles. The lowest BCUT2D eigenvalue weighted by Crippen LogP contribution is -2.35. The van der Waals surface area contributed by atoms with E-state index in [1.807, 2.05) is 41.9 Å². The first-order valence-electron chi connectivity index (χ1n) is 7.22. The van der Waals surface area contributed by atoms with Gasteiger partial charge in [-0.15, -0.1) is 0 Å². The summed E-state index contributed by atoms with van der Waals surface area (Å²) in [6.07, 6.45) is 0. The van der Waals surface area contributed by atoms with E-state index >= 15 is 0 Å². The van der Waals surface area contributed by atoms with E-state index in [1.54, 1.807) is 0 Å². The maximum absolute atomic E-state index is 9.72. The van der Waals surface area contributed by atoms with Crippen LogP contribution in [0.3, 0.4) is 0 Å². The van der Waals surface area contributed by atoms with Gasteiger partial charge in [-0.05, 0) is 32.9 Å². The molecule has 114 valence electrons. The predicted octanol–water partition coefficient (Wildman–Crippen LogP) is 1.88. The summed E-state index contributed by atoms with van der Waals surface area (Å²) in [5.74, 6) is 0.852. The summed E-state index contributed by atoms with van der Waals surface area (Å²) in [5.41, 5.74) is 2.56. The van der Waals surface area contributed by atoms with Gasteiger partial charge in [-0.1, -0.05) is 18.2 Å². The minimum Gasteiger partial charge on any atom is -0.395 e.